The first-order valence-corrected chi connectivity index (χ1v) is 10.8. The van der Waals surface area contributed by atoms with Crippen LogP contribution in [0.25, 0.3) is 0 Å². The van der Waals surface area contributed by atoms with Crippen molar-refractivity contribution in [3.8, 4) is 0 Å². The summed E-state index contributed by atoms with van der Waals surface area (Å²) < 4.78 is 7.38. The van der Waals surface area contributed by atoms with Crippen molar-refractivity contribution in [1.82, 2.24) is 30.7 Å². The number of aliphatic imine (C=N–C) groups is 1. The molecule has 0 fully saturated rings. The number of aromatic nitrogens is 3. The Hall–Kier alpha value is -2.37. The lowest BCUT2D eigenvalue weighted by atomic mass is 10.1. The van der Waals surface area contributed by atoms with Crippen LogP contribution in [0.15, 0.2) is 41.7 Å². The SMILES string of the molecule is CCNC(=NCC(NC(=O)OC(C)(C)C)c1ccccc1)NC1CCc2ncnn2C1.I. The molecule has 1 aromatic heterocycles. The maximum absolute atomic E-state index is 12.4. The highest BCUT2D eigenvalue weighted by atomic mass is 127. The zero-order chi connectivity index (χ0) is 22.3. The van der Waals surface area contributed by atoms with E-state index in [0.29, 0.717) is 12.5 Å². The van der Waals surface area contributed by atoms with Gasteiger partial charge < -0.3 is 20.7 Å². The van der Waals surface area contributed by atoms with Gasteiger partial charge in [0.05, 0.1) is 19.1 Å². The van der Waals surface area contributed by atoms with Gasteiger partial charge >= 0.3 is 6.09 Å². The standard InChI is InChI=1S/C22H33N7O2.HI/c1-5-23-20(27-17-11-12-19-25-15-26-29(19)14-17)24-13-18(16-9-7-6-8-10-16)28-21(30)31-22(2,3)4;/h6-10,15,17-18H,5,11-14H2,1-4H3,(H,28,30)(H2,23,24,27);1H. The Balaban J connectivity index is 0.00000363. The number of carbonyl (C=O) groups excluding carboxylic acids is 1. The topological polar surface area (TPSA) is 105 Å². The first-order valence-electron chi connectivity index (χ1n) is 10.8. The summed E-state index contributed by atoms with van der Waals surface area (Å²) in [7, 11) is 0. The monoisotopic (exact) mass is 555 g/mol. The molecule has 3 rings (SSSR count). The molecule has 0 bridgehead atoms. The van der Waals surface area contributed by atoms with Crippen LogP contribution in [0.5, 0.6) is 0 Å². The molecule has 0 saturated heterocycles. The molecule has 32 heavy (non-hydrogen) atoms. The van der Waals surface area contributed by atoms with Crippen LogP contribution in [-0.2, 0) is 17.7 Å². The Morgan fingerprint density at radius 2 is 2.06 bits per heavy atom. The van der Waals surface area contributed by atoms with Crippen LogP contribution in [0, 0.1) is 0 Å². The lowest BCUT2D eigenvalue weighted by Crippen LogP contribution is -2.47. The summed E-state index contributed by atoms with van der Waals surface area (Å²) >= 11 is 0. The third-order valence-corrected chi connectivity index (χ3v) is 4.82. The summed E-state index contributed by atoms with van der Waals surface area (Å²) in [6, 6.07) is 9.70. The van der Waals surface area contributed by atoms with E-state index < -0.39 is 11.7 Å². The van der Waals surface area contributed by atoms with E-state index in [2.05, 4.69) is 26.0 Å². The van der Waals surface area contributed by atoms with Crippen molar-refractivity contribution in [2.24, 2.45) is 4.99 Å². The first kappa shape index (κ1) is 25.9. The highest BCUT2D eigenvalue weighted by Gasteiger charge is 2.22. The van der Waals surface area contributed by atoms with E-state index in [1.807, 2.05) is 62.7 Å². The Bertz CT molecular complexity index is 880. The van der Waals surface area contributed by atoms with Gasteiger partial charge in [0, 0.05) is 19.0 Å². The van der Waals surface area contributed by atoms with Crippen molar-refractivity contribution < 1.29 is 9.53 Å². The highest BCUT2D eigenvalue weighted by Crippen LogP contribution is 2.16. The largest absolute Gasteiger partial charge is 0.444 e. The maximum atomic E-state index is 12.4. The number of ether oxygens (including phenoxy) is 1. The Morgan fingerprint density at radius 3 is 2.75 bits per heavy atom. The van der Waals surface area contributed by atoms with E-state index in [0.717, 1.165) is 37.3 Å². The molecule has 3 N–H and O–H groups in total. The van der Waals surface area contributed by atoms with Crippen LogP contribution in [0.3, 0.4) is 0 Å². The minimum Gasteiger partial charge on any atom is -0.444 e. The zero-order valence-electron chi connectivity index (χ0n) is 19.2. The molecule has 1 aliphatic rings. The lowest BCUT2D eigenvalue weighted by Gasteiger charge is -2.26. The highest BCUT2D eigenvalue weighted by molar-refractivity contribution is 14.0. The predicted octanol–water partition coefficient (Wildman–Crippen LogP) is 3.03. The molecule has 2 atom stereocenters. The molecule has 9 nitrogen and oxygen atoms in total. The summed E-state index contributed by atoms with van der Waals surface area (Å²) in [5, 5.41) is 14.0. The quantitative estimate of drug-likeness (QED) is 0.288. The normalized spacial score (nSPS) is 16.9. The molecule has 2 aromatic rings. The average molecular weight is 555 g/mol. The van der Waals surface area contributed by atoms with Crippen LogP contribution < -0.4 is 16.0 Å². The molecule has 0 aliphatic carbocycles. The van der Waals surface area contributed by atoms with Gasteiger partial charge in [-0.15, -0.1) is 24.0 Å². The smallest absolute Gasteiger partial charge is 0.408 e. The molecular formula is C22H34IN7O2. The number of hydrogen-bond acceptors (Lipinski definition) is 5. The minimum atomic E-state index is -0.563. The molecule has 2 unspecified atom stereocenters. The minimum absolute atomic E-state index is 0. The van der Waals surface area contributed by atoms with Gasteiger partial charge in [-0.25, -0.2) is 14.5 Å². The molecule has 176 valence electrons. The Kier molecular flexibility index (Phi) is 9.73. The van der Waals surface area contributed by atoms with Gasteiger partial charge in [-0.05, 0) is 39.7 Å². The van der Waals surface area contributed by atoms with E-state index in [1.165, 1.54) is 0 Å². The van der Waals surface area contributed by atoms with E-state index in [1.54, 1.807) is 6.33 Å². The summed E-state index contributed by atoms with van der Waals surface area (Å²) in [5.41, 5.74) is 0.407. The fourth-order valence-corrected chi connectivity index (χ4v) is 3.42. The van der Waals surface area contributed by atoms with E-state index in [9.17, 15) is 4.79 Å². The second kappa shape index (κ2) is 12.0. The summed E-state index contributed by atoms with van der Waals surface area (Å²) in [4.78, 5) is 21.4. The van der Waals surface area contributed by atoms with Crippen LogP contribution in [0.1, 0.15) is 51.5 Å². The fourth-order valence-electron chi connectivity index (χ4n) is 3.42. The van der Waals surface area contributed by atoms with Crippen molar-refractivity contribution in [2.45, 2.75) is 64.8 Å². The average Bonchev–Trinajstić information content (AvgIpc) is 3.18. The van der Waals surface area contributed by atoms with Gasteiger partial charge in [0.15, 0.2) is 5.96 Å². The number of carbonyl (C=O) groups is 1. The molecule has 0 spiro atoms. The summed E-state index contributed by atoms with van der Waals surface area (Å²) in [6.07, 6.45) is 2.98. The molecule has 0 saturated carbocycles. The summed E-state index contributed by atoms with van der Waals surface area (Å²) in [6.45, 7) is 9.43. The third kappa shape index (κ3) is 7.95. The van der Waals surface area contributed by atoms with Crippen LogP contribution in [0.2, 0.25) is 0 Å². The van der Waals surface area contributed by atoms with E-state index in [-0.39, 0.29) is 36.1 Å². The van der Waals surface area contributed by atoms with E-state index >= 15 is 0 Å². The number of amides is 1. The van der Waals surface area contributed by atoms with Crippen molar-refractivity contribution >= 4 is 36.0 Å². The Labute approximate surface area is 206 Å². The number of fused-ring (bicyclic) bond motifs is 1. The molecule has 10 heteroatoms. The van der Waals surface area contributed by atoms with Crippen molar-refractivity contribution in [3.63, 3.8) is 0 Å². The second-order valence-corrected chi connectivity index (χ2v) is 8.57. The maximum Gasteiger partial charge on any atom is 0.408 e. The van der Waals surface area contributed by atoms with Gasteiger partial charge in [0.25, 0.3) is 0 Å². The molecule has 0 radical (unpaired) electrons. The van der Waals surface area contributed by atoms with E-state index in [4.69, 9.17) is 9.73 Å². The number of benzene rings is 1. The number of halogens is 1. The van der Waals surface area contributed by atoms with Gasteiger partial charge in [0.1, 0.15) is 17.8 Å². The Morgan fingerprint density at radius 1 is 1.31 bits per heavy atom. The molecule has 2 heterocycles. The lowest BCUT2D eigenvalue weighted by molar-refractivity contribution is 0.0505. The van der Waals surface area contributed by atoms with Crippen molar-refractivity contribution in [1.29, 1.82) is 0 Å². The number of alkyl carbamates (subject to hydrolysis) is 1. The van der Waals surface area contributed by atoms with Crippen LogP contribution in [0.4, 0.5) is 4.79 Å². The first-order chi connectivity index (χ1) is 14.8. The molecule has 1 aliphatic heterocycles. The number of aryl methyl sites for hydroxylation is 1. The number of nitrogens with one attached hydrogen (secondary N) is 3. The van der Waals surface area contributed by atoms with Crippen LogP contribution >= 0.6 is 24.0 Å². The van der Waals surface area contributed by atoms with Gasteiger partial charge in [-0.1, -0.05) is 30.3 Å². The third-order valence-electron chi connectivity index (χ3n) is 4.82. The fraction of sp³-hybridized carbons (Fsp3) is 0.545. The predicted molar refractivity (Wildman–Crippen MR) is 135 cm³/mol. The number of guanidine groups is 1. The zero-order valence-corrected chi connectivity index (χ0v) is 21.5. The number of nitrogens with zero attached hydrogens (tertiary/aromatic N) is 4. The molecule has 1 aromatic carbocycles. The molecule has 1 amide bonds. The van der Waals surface area contributed by atoms with Crippen molar-refractivity contribution in [3.05, 3.63) is 48.0 Å². The van der Waals surface area contributed by atoms with Gasteiger partial charge in [0.2, 0.25) is 0 Å². The van der Waals surface area contributed by atoms with Gasteiger partial charge in [-0.2, -0.15) is 5.10 Å². The second-order valence-electron chi connectivity index (χ2n) is 8.57. The number of hydrogen-bond donors (Lipinski definition) is 3. The molecular weight excluding hydrogens is 521 g/mol. The number of rotatable bonds is 6. The summed E-state index contributed by atoms with van der Waals surface area (Å²) in [5.74, 6) is 1.73. The van der Waals surface area contributed by atoms with Crippen molar-refractivity contribution in [2.75, 3.05) is 13.1 Å². The van der Waals surface area contributed by atoms with Crippen LogP contribution in [-0.4, -0.2) is 51.5 Å². The van der Waals surface area contributed by atoms with Gasteiger partial charge in [-0.3, -0.25) is 4.99 Å².